The van der Waals surface area contributed by atoms with Gasteiger partial charge in [-0.2, -0.15) is 4.80 Å². The quantitative estimate of drug-likeness (QED) is 0.683. The van der Waals surface area contributed by atoms with E-state index in [4.69, 9.17) is 0 Å². The fourth-order valence-electron chi connectivity index (χ4n) is 4.09. The van der Waals surface area contributed by atoms with Crippen molar-refractivity contribution in [2.75, 3.05) is 6.54 Å². The number of likely N-dealkylation sites (tertiary alicyclic amines) is 1. The zero-order chi connectivity index (χ0) is 18.3. The molecule has 1 aromatic carbocycles. The molecule has 1 aliphatic heterocycles. The Morgan fingerprint density at radius 3 is 2.78 bits per heavy atom. The highest BCUT2D eigenvalue weighted by molar-refractivity contribution is 7.13. The standard InChI is InChI=1S/C20H21N5OS/c26-19(20(10-11-20)15-6-2-1-3-7-15)24-12-4-8-16(24)14-25-22-18(21-23-25)17-9-5-13-27-17/h1-3,5-7,9,13,16H,4,8,10-12,14H2/t16-/m0/s1. The zero-order valence-corrected chi connectivity index (χ0v) is 15.8. The van der Waals surface area contributed by atoms with Gasteiger partial charge in [0.2, 0.25) is 11.7 Å². The van der Waals surface area contributed by atoms with Gasteiger partial charge in [-0.1, -0.05) is 36.4 Å². The lowest BCUT2D eigenvalue weighted by atomic mass is 9.94. The molecule has 1 saturated heterocycles. The van der Waals surface area contributed by atoms with E-state index in [2.05, 4.69) is 32.4 Å². The number of amides is 1. The van der Waals surface area contributed by atoms with Crippen LogP contribution in [-0.2, 0) is 16.8 Å². The van der Waals surface area contributed by atoms with Crippen LogP contribution in [0, 0.1) is 0 Å². The summed E-state index contributed by atoms with van der Waals surface area (Å²) < 4.78 is 0. The van der Waals surface area contributed by atoms with Crippen molar-refractivity contribution in [3.05, 3.63) is 53.4 Å². The minimum Gasteiger partial charge on any atom is -0.337 e. The largest absolute Gasteiger partial charge is 0.337 e. The van der Waals surface area contributed by atoms with Crippen LogP contribution in [0.1, 0.15) is 31.2 Å². The van der Waals surface area contributed by atoms with Gasteiger partial charge < -0.3 is 4.90 Å². The van der Waals surface area contributed by atoms with Crippen molar-refractivity contribution in [2.24, 2.45) is 0 Å². The Morgan fingerprint density at radius 1 is 1.19 bits per heavy atom. The lowest BCUT2D eigenvalue weighted by Gasteiger charge is -2.28. The number of hydrogen-bond donors (Lipinski definition) is 0. The summed E-state index contributed by atoms with van der Waals surface area (Å²) in [6, 6.07) is 14.3. The van der Waals surface area contributed by atoms with Gasteiger partial charge in [0.1, 0.15) is 0 Å². The van der Waals surface area contributed by atoms with Gasteiger partial charge in [-0.15, -0.1) is 21.5 Å². The second-order valence-corrected chi connectivity index (χ2v) is 8.34. The van der Waals surface area contributed by atoms with Gasteiger partial charge in [0, 0.05) is 6.54 Å². The highest BCUT2D eigenvalue weighted by Gasteiger charge is 2.54. The molecule has 1 amide bonds. The number of nitrogens with zero attached hydrogens (tertiary/aromatic N) is 5. The molecule has 0 spiro atoms. The van der Waals surface area contributed by atoms with E-state index in [0.717, 1.165) is 42.7 Å². The Hall–Kier alpha value is -2.54. The molecule has 7 heteroatoms. The number of hydrogen-bond acceptors (Lipinski definition) is 5. The van der Waals surface area contributed by atoms with Crippen LogP contribution in [0.15, 0.2) is 47.8 Å². The molecule has 2 fully saturated rings. The number of tetrazole rings is 1. The number of aromatic nitrogens is 4. The number of rotatable bonds is 5. The Balaban J connectivity index is 1.33. The summed E-state index contributed by atoms with van der Waals surface area (Å²) in [5.74, 6) is 0.929. The van der Waals surface area contributed by atoms with Gasteiger partial charge in [0.25, 0.3) is 0 Å². The lowest BCUT2D eigenvalue weighted by Crippen LogP contribution is -2.44. The molecule has 0 unspecified atom stereocenters. The zero-order valence-electron chi connectivity index (χ0n) is 15.0. The van der Waals surface area contributed by atoms with E-state index in [1.807, 2.05) is 35.7 Å². The highest BCUT2D eigenvalue weighted by Crippen LogP contribution is 2.50. The molecule has 0 radical (unpaired) electrons. The molecule has 1 saturated carbocycles. The maximum Gasteiger partial charge on any atom is 0.233 e. The van der Waals surface area contributed by atoms with Gasteiger partial charge in [0.15, 0.2) is 0 Å². The fraction of sp³-hybridized carbons (Fsp3) is 0.400. The van der Waals surface area contributed by atoms with Crippen LogP contribution in [0.5, 0.6) is 0 Å². The van der Waals surface area contributed by atoms with E-state index in [1.165, 1.54) is 0 Å². The summed E-state index contributed by atoms with van der Waals surface area (Å²) in [6.45, 7) is 1.43. The van der Waals surface area contributed by atoms with Crippen LogP contribution in [0.2, 0.25) is 0 Å². The molecule has 138 valence electrons. The van der Waals surface area contributed by atoms with Crippen molar-refractivity contribution >= 4 is 17.2 Å². The lowest BCUT2D eigenvalue weighted by molar-refractivity contribution is -0.135. The highest BCUT2D eigenvalue weighted by atomic mass is 32.1. The Morgan fingerprint density at radius 2 is 2.04 bits per heavy atom. The molecule has 5 rings (SSSR count). The maximum absolute atomic E-state index is 13.4. The topological polar surface area (TPSA) is 63.9 Å². The van der Waals surface area contributed by atoms with E-state index in [1.54, 1.807) is 16.1 Å². The minimum atomic E-state index is -0.304. The van der Waals surface area contributed by atoms with E-state index < -0.39 is 0 Å². The van der Waals surface area contributed by atoms with Crippen molar-refractivity contribution < 1.29 is 4.79 Å². The molecule has 0 N–H and O–H groups in total. The second-order valence-electron chi connectivity index (χ2n) is 7.39. The summed E-state index contributed by atoms with van der Waals surface area (Å²) in [5.41, 5.74) is 0.849. The van der Waals surface area contributed by atoms with Crippen LogP contribution in [0.25, 0.3) is 10.7 Å². The van der Waals surface area contributed by atoms with Gasteiger partial charge in [-0.25, -0.2) is 0 Å². The molecular formula is C20H21N5OS. The van der Waals surface area contributed by atoms with E-state index in [-0.39, 0.29) is 17.4 Å². The van der Waals surface area contributed by atoms with Crippen LogP contribution in [-0.4, -0.2) is 43.6 Å². The molecule has 6 nitrogen and oxygen atoms in total. The average molecular weight is 379 g/mol. The predicted molar refractivity (Wildman–Crippen MR) is 103 cm³/mol. The number of benzene rings is 1. The third kappa shape index (κ3) is 2.96. The summed E-state index contributed by atoms with van der Waals surface area (Å²) in [5, 5.41) is 14.9. The van der Waals surface area contributed by atoms with Gasteiger partial charge in [0.05, 0.1) is 22.9 Å². The summed E-state index contributed by atoms with van der Waals surface area (Å²) in [6.07, 6.45) is 3.92. The predicted octanol–water partition coefficient (Wildman–Crippen LogP) is 3.12. The van der Waals surface area contributed by atoms with Crippen molar-refractivity contribution in [2.45, 2.75) is 43.7 Å². The first-order chi connectivity index (χ1) is 13.3. The van der Waals surface area contributed by atoms with Crippen LogP contribution in [0.4, 0.5) is 0 Å². The van der Waals surface area contributed by atoms with Crippen molar-refractivity contribution in [1.29, 1.82) is 0 Å². The van der Waals surface area contributed by atoms with Gasteiger partial charge >= 0.3 is 0 Å². The first-order valence-corrected chi connectivity index (χ1v) is 10.3. The van der Waals surface area contributed by atoms with E-state index in [9.17, 15) is 4.79 Å². The third-order valence-electron chi connectivity index (χ3n) is 5.69. The Bertz CT molecular complexity index is 932. The van der Waals surface area contributed by atoms with E-state index >= 15 is 0 Å². The number of thiophene rings is 1. The van der Waals surface area contributed by atoms with Crippen LogP contribution < -0.4 is 0 Å². The molecule has 2 aliphatic rings. The maximum atomic E-state index is 13.4. The second kappa shape index (κ2) is 6.56. The van der Waals surface area contributed by atoms with Crippen molar-refractivity contribution in [3.8, 4) is 10.7 Å². The first-order valence-electron chi connectivity index (χ1n) is 9.45. The third-order valence-corrected chi connectivity index (χ3v) is 6.56. The number of carbonyl (C=O) groups is 1. The molecule has 2 aromatic heterocycles. The van der Waals surface area contributed by atoms with Crippen LogP contribution >= 0.6 is 11.3 Å². The normalized spacial score (nSPS) is 20.7. The molecule has 1 atom stereocenters. The Labute approximate surface area is 161 Å². The summed E-state index contributed by atoms with van der Waals surface area (Å²) >= 11 is 1.60. The average Bonchev–Trinajstić information content (AvgIpc) is 3.11. The first kappa shape index (κ1) is 16.6. The molecular weight excluding hydrogens is 358 g/mol. The Kier molecular flexibility index (Phi) is 4.04. The van der Waals surface area contributed by atoms with Crippen molar-refractivity contribution in [1.82, 2.24) is 25.1 Å². The minimum absolute atomic E-state index is 0.143. The summed E-state index contributed by atoms with van der Waals surface area (Å²) in [4.78, 5) is 18.1. The SMILES string of the molecule is O=C(N1CCC[C@H]1Cn1nnc(-c2cccs2)n1)C1(c2ccccc2)CC1. The molecule has 3 aromatic rings. The monoisotopic (exact) mass is 379 g/mol. The van der Waals surface area contributed by atoms with Crippen molar-refractivity contribution in [3.63, 3.8) is 0 Å². The van der Waals surface area contributed by atoms with Gasteiger partial charge in [-0.05, 0) is 47.9 Å². The molecule has 0 bridgehead atoms. The van der Waals surface area contributed by atoms with E-state index in [0.29, 0.717) is 12.4 Å². The molecule has 27 heavy (non-hydrogen) atoms. The summed E-state index contributed by atoms with van der Waals surface area (Å²) in [7, 11) is 0. The van der Waals surface area contributed by atoms with Gasteiger partial charge in [-0.3, -0.25) is 4.79 Å². The molecule has 3 heterocycles. The van der Waals surface area contributed by atoms with Crippen LogP contribution in [0.3, 0.4) is 0 Å². The number of carbonyl (C=O) groups excluding carboxylic acids is 1. The fourth-order valence-corrected chi connectivity index (χ4v) is 4.74. The smallest absolute Gasteiger partial charge is 0.233 e. The molecule has 1 aliphatic carbocycles.